The quantitative estimate of drug-likeness (QED) is 0.906. The largest absolute Gasteiger partial charge is 0.495 e. The van der Waals surface area contributed by atoms with Gasteiger partial charge in [0, 0.05) is 12.6 Å². The summed E-state index contributed by atoms with van der Waals surface area (Å²) in [5.41, 5.74) is 2.62. The number of hydrogen-bond acceptors (Lipinski definition) is 3. The molecular weight excluding hydrogens is 236 g/mol. The van der Waals surface area contributed by atoms with Gasteiger partial charge in [0.15, 0.2) is 0 Å². The first-order valence-corrected chi connectivity index (χ1v) is 7.04. The van der Waals surface area contributed by atoms with Crippen molar-refractivity contribution in [2.45, 2.75) is 38.6 Å². The molecule has 0 aliphatic carbocycles. The van der Waals surface area contributed by atoms with Gasteiger partial charge in [-0.25, -0.2) is 0 Å². The zero-order valence-corrected chi connectivity index (χ0v) is 12.8. The number of rotatable bonds is 3. The van der Waals surface area contributed by atoms with Gasteiger partial charge in [0.25, 0.3) is 0 Å². The van der Waals surface area contributed by atoms with E-state index in [0.29, 0.717) is 6.04 Å². The molecular formula is C16H26N2O. The average molecular weight is 262 g/mol. The minimum atomic E-state index is 0.162. The van der Waals surface area contributed by atoms with Crippen LogP contribution in [0.5, 0.6) is 5.75 Å². The van der Waals surface area contributed by atoms with Crippen LogP contribution in [0.4, 0.5) is 5.69 Å². The molecule has 1 aromatic rings. The van der Waals surface area contributed by atoms with Crippen LogP contribution in [0.1, 0.15) is 32.8 Å². The zero-order valence-electron chi connectivity index (χ0n) is 12.8. The summed E-state index contributed by atoms with van der Waals surface area (Å²) >= 11 is 0. The fourth-order valence-electron chi connectivity index (χ4n) is 2.56. The summed E-state index contributed by atoms with van der Waals surface area (Å²) in [6, 6.07) is 6.98. The van der Waals surface area contributed by atoms with Crippen molar-refractivity contribution in [3.63, 3.8) is 0 Å². The van der Waals surface area contributed by atoms with Crippen LogP contribution < -0.4 is 10.1 Å². The first kappa shape index (κ1) is 14.2. The van der Waals surface area contributed by atoms with Gasteiger partial charge in [0.2, 0.25) is 0 Å². The number of ether oxygens (including phenoxy) is 1. The Morgan fingerprint density at radius 2 is 2.05 bits per heavy atom. The van der Waals surface area contributed by atoms with Gasteiger partial charge in [-0.3, -0.25) is 0 Å². The van der Waals surface area contributed by atoms with Crippen LogP contribution in [0, 0.1) is 0 Å². The molecule has 1 aliphatic rings. The van der Waals surface area contributed by atoms with Crippen LogP contribution in [-0.2, 0) is 5.41 Å². The predicted molar refractivity (Wildman–Crippen MR) is 81.2 cm³/mol. The summed E-state index contributed by atoms with van der Waals surface area (Å²) in [6.07, 6.45) is 1.19. The van der Waals surface area contributed by atoms with Crippen molar-refractivity contribution in [3.8, 4) is 5.75 Å². The Morgan fingerprint density at radius 3 is 2.58 bits per heavy atom. The lowest BCUT2D eigenvalue weighted by atomic mass is 9.86. The third-order valence-corrected chi connectivity index (χ3v) is 3.82. The molecule has 0 bridgehead atoms. The van der Waals surface area contributed by atoms with E-state index in [1.165, 1.54) is 18.5 Å². The van der Waals surface area contributed by atoms with Gasteiger partial charge >= 0.3 is 0 Å². The Bertz CT molecular complexity index is 437. The van der Waals surface area contributed by atoms with Gasteiger partial charge < -0.3 is 15.0 Å². The summed E-state index contributed by atoms with van der Waals surface area (Å²) in [5.74, 6) is 0.933. The van der Waals surface area contributed by atoms with Gasteiger partial charge in [0.1, 0.15) is 5.75 Å². The SMILES string of the molecule is COc1ccc(C(C)(C)C)cc1NC1CCN(C)C1. The number of hydrogen-bond donors (Lipinski definition) is 1. The molecule has 106 valence electrons. The Labute approximate surface area is 116 Å². The highest BCUT2D eigenvalue weighted by molar-refractivity contribution is 5.59. The lowest BCUT2D eigenvalue weighted by Gasteiger charge is -2.23. The number of methoxy groups -OCH3 is 1. The van der Waals surface area contributed by atoms with E-state index in [4.69, 9.17) is 4.74 Å². The normalized spacial score (nSPS) is 20.6. The highest BCUT2D eigenvalue weighted by Crippen LogP contribution is 2.32. The highest BCUT2D eigenvalue weighted by atomic mass is 16.5. The van der Waals surface area contributed by atoms with E-state index in [0.717, 1.165) is 18.0 Å². The fourth-order valence-corrected chi connectivity index (χ4v) is 2.56. The smallest absolute Gasteiger partial charge is 0.141 e. The summed E-state index contributed by atoms with van der Waals surface area (Å²) < 4.78 is 5.47. The standard InChI is InChI=1S/C16H26N2O/c1-16(2,3)12-6-7-15(19-5)14(10-12)17-13-8-9-18(4)11-13/h6-7,10,13,17H,8-9,11H2,1-5H3. The molecule has 1 saturated heterocycles. The lowest BCUT2D eigenvalue weighted by Crippen LogP contribution is -2.24. The number of nitrogens with one attached hydrogen (secondary N) is 1. The van der Waals surface area contributed by atoms with Crippen LogP contribution in [-0.4, -0.2) is 38.2 Å². The Kier molecular flexibility index (Phi) is 4.04. The van der Waals surface area contributed by atoms with Crippen molar-refractivity contribution in [1.29, 1.82) is 0 Å². The third kappa shape index (κ3) is 3.41. The maximum atomic E-state index is 5.47. The Hall–Kier alpha value is -1.22. The minimum absolute atomic E-state index is 0.162. The second-order valence-corrected chi connectivity index (χ2v) is 6.56. The van der Waals surface area contributed by atoms with Gasteiger partial charge in [0.05, 0.1) is 12.8 Å². The van der Waals surface area contributed by atoms with Crippen LogP contribution in [0.15, 0.2) is 18.2 Å². The molecule has 1 aliphatic heterocycles. The molecule has 0 amide bonds. The second kappa shape index (κ2) is 5.41. The minimum Gasteiger partial charge on any atom is -0.495 e. The molecule has 3 heteroatoms. The number of likely N-dealkylation sites (tertiary alicyclic amines) is 1. The van der Waals surface area contributed by atoms with E-state index in [1.54, 1.807) is 7.11 Å². The van der Waals surface area contributed by atoms with Crippen LogP contribution >= 0.6 is 0 Å². The van der Waals surface area contributed by atoms with E-state index in [9.17, 15) is 0 Å². The average Bonchev–Trinajstić information content (AvgIpc) is 2.73. The van der Waals surface area contributed by atoms with Gasteiger partial charge in [-0.2, -0.15) is 0 Å². The van der Waals surface area contributed by atoms with Crippen LogP contribution in [0.2, 0.25) is 0 Å². The molecule has 19 heavy (non-hydrogen) atoms. The van der Waals surface area contributed by atoms with Gasteiger partial charge in [-0.05, 0) is 43.1 Å². The molecule has 1 unspecified atom stereocenters. The molecule has 1 heterocycles. The first-order valence-electron chi connectivity index (χ1n) is 7.04. The topological polar surface area (TPSA) is 24.5 Å². The second-order valence-electron chi connectivity index (χ2n) is 6.56. The number of likely N-dealkylation sites (N-methyl/N-ethyl adjacent to an activating group) is 1. The van der Waals surface area contributed by atoms with E-state index in [1.807, 2.05) is 0 Å². The number of nitrogens with zero attached hydrogens (tertiary/aromatic N) is 1. The summed E-state index contributed by atoms with van der Waals surface area (Å²) in [7, 11) is 3.91. The molecule has 0 radical (unpaired) electrons. The third-order valence-electron chi connectivity index (χ3n) is 3.82. The molecule has 0 spiro atoms. The van der Waals surface area contributed by atoms with Crippen molar-refractivity contribution < 1.29 is 4.74 Å². The van der Waals surface area contributed by atoms with Crippen molar-refractivity contribution in [3.05, 3.63) is 23.8 Å². The van der Waals surface area contributed by atoms with E-state index >= 15 is 0 Å². The Balaban J connectivity index is 2.21. The molecule has 1 atom stereocenters. The molecule has 0 saturated carbocycles. The molecule has 2 rings (SSSR count). The molecule has 3 nitrogen and oxygen atoms in total. The summed E-state index contributed by atoms with van der Waals surface area (Å²) in [4.78, 5) is 2.36. The van der Waals surface area contributed by atoms with E-state index < -0.39 is 0 Å². The Morgan fingerprint density at radius 1 is 1.32 bits per heavy atom. The molecule has 1 aromatic carbocycles. The monoisotopic (exact) mass is 262 g/mol. The molecule has 0 aromatic heterocycles. The maximum Gasteiger partial charge on any atom is 0.141 e. The zero-order chi connectivity index (χ0) is 14.0. The first-order chi connectivity index (χ1) is 8.90. The van der Waals surface area contributed by atoms with Gasteiger partial charge in [-0.1, -0.05) is 26.8 Å². The number of anilines is 1. The van der Waals surface area contributed by atoms with E-state index in [2.05, 4.69) is 56.2 Å². The highest BCUT2D eigenvalue weighted by Gasteiger charge is 2.21. The summed E-state index contributed by atoms with van der Waals surface area (Å²) in [5, 5.41) is 3.64. The van der Waals surface area contributed by atoms with Crippen LogP contribution in [0.25, 0.3) is 0 Å². The van der Waals surface area contributed by atoms with Crippen LogP contribution in [0.3, 0.4) is 0 Å². The van der Waals surface area contributed by atoms with Crippen molar-refractivity contribution >= 4 is 5.69 Å². The van der Waals surface area contributed by atoms with Gasteiger partial charge in [-0.15, -0.1) is 0 Å². The fraction of sp³-hybridized carbons (Fsp3) is 0.625. The van der Waals surface area contributed by atoms with Crippen molar-refractivity contribution in [2.24, 2.45) is 0 Å². The molecule has 1 fully saturated rings. The molecule has 1 N–H and O–H groups in total. The van der Waals surface area contributed by atoms with E-state index in [-0.39, 0.29) is 5.41 Å². The van der Waals surface area contributed by atoms with Crippen molar-refractivity contribution in [1.82, 2.24) is 4.90 Å². The number of benzene rings is 1. The summed E-state index contributed by atoms with van der Waals surface area (Å²) in [6.45, 7) is 8.98. The van der Waals surface area contributed by atoms with Crippen molar-refractivity contribution in [2.75, 3.05) is 32.6 Å². The predicted octanol–water partition coefficient (Wildman–Crippen LogP) is 3.11. The lowest BCUT2D eigenvalue weighted by molar-refractivity contribution is 0.410. The maximum absolute atomic E-state index is 5.47.